The summed E-state index contributed by atoms with van der Waals surface area (Å²) >= 11 is 0. The zero-order valence-corrected chi connectivity index (χ0v) is 10.8. The molecule has 0 radical (unpaired) electrons. The van der Waals surface area contributed by atoms with E-state index in [9.17, 15) is 0 Å². The van der Waals surface area contributed by atoms with E-state index in [2.05, 4.69) is 33.8 Å². The van der Waals surface area contributed by atoms with Crippen molar-refractivity contribution in [2.45, 2.75) is 6.54 Å². The van der Waals surface area contributed by atoms with Gasteiger partial charge in [-0.15, -0.1) is 0 Å². The molecule has 0 atom stereocenters. The molecular formula is C14H14N6. The van der Waals surface area contributed by atoms with E-state index in [-0.39, 0.29) is 5.82 Å². The molecule has 0 aliphatic carbocycles. The Morgan fingerprint density at radius 2 is 2.15 bits per heavy atom. The van der Waals surface area contributed by atoms with E-state index in [0.29, 0.717) is 17.8 Å². The van der Waals surface area contributed by atoms with Crippen LogP contribution in [0.4, 0.5) is 5.82 Å². The normalized spacial score (nSPS) is 14.2. The van der Waals surface area contributed by atoms with Gasteiger partial charge in [-0.05, 0) is 5.56 Å². The zero-order valence-electron chi connectivity index (χ0n) is 10.8. The first-order valence-electron chi connectivity index (χ1n) is 6.27. The second kappa shape index (κ2) is 5.07. The number of hydrazine groups is 1. The number of H-pyrrole nitrogens is 1. The van der Waals surface area contributed by atoms with E-state index in [4.69, 9.17) is 11.0 Å². The minimum Gasteiger partial charge on any atom is -0.381 e. The van der Waals surface area contributed by atoms with Crippen LogP contribution in [0.5, 0.6) is 0 Å². The zero-order chi connectivity index (χ0) is 13.9. The van der Waals surface area contributed by atoms with Gasteiger partial charge in [0, 0.05) is 18.3 Å². The Morgan fingerprint density at radius 3 is 2.90 bits per heavy atom. The van der Waals surface area contributed by atoms with Gasteiger partial charge in [0.1, 0.15) is 11.6 Å². The predicted octanol–water partition coefficient (Wildman–Crippen LogP) is 1.22. The maximum Gasteiger partial charge on any atom is 0.163 e. The highest BCUT2D eigenvalue weighted by Gasteiger charge is 2.19. The Bertz CT molecular complexity index is 679. The Kier molecular flexibility index (Phi) is 3.11. The average molecular weight is 266 g/mol. The van der Waals surface area contributed by atoms with E-state index < -0.39 is 0 Å². The SMILES string of the molecule is N#Cc1c(N)n[nH]c1C1=CN(Cc2ccccc2)NC1. The lowest BCUT2D eigenvalue weighted by atomic mass is 10.1. The van der Waals surface area contributed by atoms with Gasteiger partial charge in [-0.25, -0.2) is 5.43 Å². The Labute approximate surface area is 116 Å². The number of rotatable bonds is 3. The number of nitriles is 1. The fourth-order valence-electron chi connectivity index (χ4n) is 2.20. The van der Waals surface area contributed by atoms with Crippen LogP contribution in [0.15, 0.2) is 36.5 Å². The third-order valence-electron chi connectivity index (χ3n) is 3.21. The first-order chi connectivity index (χ1) is 9.78. The minimum absolute atomic E-state index is 0.241. The summed E-state index contributed by atoms with van der Waals surface area (Å²) in [6.45, 7) is 1.40. The third-order valence-corrected chi connectivity index (χ3v) is 3.21. The summed E-state index contributed by atoms with van der Waals surface area (Å²) in [5, 5.41) is 17.8. The molecule has 0 spiro atoms. The van der Waals surface area contributed by atoms with Crippen molar-refractivity contribution in [3.8, 4) is 6.07 Å². The van der Waals surface area contributed by atoms with Crippen molar-refractivity contribution in [3.63, 3.8) is 0 Å². The molecular weight excluding hydrogens is 252 g/mol. The summed E-state index contributed by atoms with van der Waals surface area (Å²) in [6.07, 6.45) is 1.97. The van der Waals surface area contributed by atoms with Crippen molar-refractivity contribution in [2.24, 2.45) is 0 Å². The highest BCUT2D eigenvalue weighted by molar-refractivity contribution is 5.73. The number of nitrogens with zero attached hydrogens (tertiary/aromatic N) is 3. The maximum atomic E-state index is 9.10. The minimum atomic E-state index is 0.241. The molecule has 0 fully saturated rings. The Balaban J connectivity index is 1.80. The van der Waals surface area contributed by atoms with Crippen molar-refractivity contribution in [1.29, 1.82) is 5.26 Å². The summed E-state index contributed by atoms with van der Waals surface area (Å²) in [5.41, 5.74) is 12.2. The molecule has 20 heavy (non-hydrogen) atoms. The molecule has 3 rings (SSSR count). The van der Waals surface area contributed by atoms with Crippen LogP contribution in [-0.2, 0) is 6.54 Å². The molecule has 1 aromatic heterocycles. The quantitative estimate of drug-likeness (QED) is 0.776. The van der Waals surface area contributed by atoms with Gasteiger partial charge in [0.15, 0.2) is 5.82 Å². The molecule has 2 aromatic rings. The number of anilines is 1. The number of aromatic amines is 1. The average Bonchev–Trinajstić information content (AvgIpc) is 3.06. The number of nitrogens with one attached hydrogen (secondary N) is 2. The summed E-state index contributed by atoms with van der Waals surface area (Å²) in [7, 11) is 0. The smallest absolute Gasteiger partial charge is 0.163 e. The molecule has 0 unspecified atom stereocenters. The first-order valence-corrected chi connectivity index (χ1v) is 6.27. The number of hydrogen-bond donors (Lipinski definition) is 3. The lowest BCUT2D eigenvalue weighted by Gasteiger charge is -2.15. The van der Waals surface area contributed by atoms with Crippen LogP contribution in [0.3, 0.4) is 0 Å². The number of aromatic nitrogens is 2. The van der Waals surface area contributed by atoms with Gasteiger partial charge < -0.3 is 10.7 Å². The summed E-state index contributed by atoms with van der Waals surface area (Å²) in [4.78, 5) is 0. The van der Waals surface area contributed by atoms with Gasteiger partial charge in [-0.3, -0.25) is 5.10 Å². The van der Waals surface area contributed by atoms with Gasteiger partial charge in [0.2, 0.25) is 0 Å². The summed E-state index contributed by atoms with van der Waals surface area (Å²) < 4.78 is 0. The highest BCUT2D eigenvalue weighted by atomic mass is 15.5. The molecule has 1 aliphatic rings. The van der Waals surface area contributed by atoms with Gasteiger partial charge in [0.05, 0.1) is 12.2 Å². The molecule has 100 valence electrons. The van der Waals surface area contributed by atoms with Crippen LogP contribution in [0.2, 0.25) is 0 Å². The lowest BCUT2D eigenvalue weighted by Crippen LogP contribution is -2.28. The van der Waals surface area contributed by atoms with Crippen molar-refractivity contribution in [2.75, 3.05) is 12.3 Å². The highest BCUT2D eigenvalue weighted by Crippen LogP contribution is 2.23. The second-order valence-electron chi connectivity index (χ2n) is 4.57. The molecule has 4 N–H and O–H groups in total. The van der Waals surface area contributed by atoms with Crippen LogP contribution >= 0.6 is 0 Å². The van der Waals surface area contributed by atoms with E-state index >= 15 is 0 Å². The lowest BCUT2D eigenvalue weighted by molar-refractivity contribution is 0.299. The number of nitrogens with two attached hydrogens (primary N) is 1. The first kappa shape index (κ1) is 12.3. The molecule has 0 saturated heterocycles. The van der Waals surface area contributed by atoms with E-state index in [1.165, 1.54) is 5.56 Å². The monoisotopic (exact) mass is 266 g/mol. The van der Waals surface area contributed by atoms with Crippen molar-refractivity contribution < 1.29 is 0 Å². The van der Waals surface area contributed by atoms with Crippen molar-refractivity contribution in [1.82, 2.24) is 20.6 Å². The topological polar surface area (TPSA) is 93.8 Å². The standard InChI is InChI=1S/C14H14N6/c15-6-12-13(18-19-14(12)16)11-7-17-20(9-11)8-10-4-2-1-3-5-10/h1-5,9,17H,7-8H2,(H3,16,18,19). The molecule has 6 nitrogen and oxygen atoms in total. The van der Waals surface area contributed by atoms with Gasteiger partial charge in [-0.2, -0.15) is 10.4 Å². The van der Waals surface area contributed by atoms with E-state index in [1.807, 2.05) is 29.4 Å². The fraction of sp³-hybridized carbons (Fsp3) is 0.143. The largest absolute Gasteiger partial charge is 0.381 e. The van der Waals surface area contributed by atoms with Gasteiger partial charge >= 0.3 is 0 Å². The Morgan fingerprint density at radius 1 is 1.35 bits per heavy atom. The number of benzene rings is 1. The Hall–Kier alpha value is -2.78. The molecule has 0 amide bonds. The number of nitrogen functional groups attached to an aromatic ring is 1. The summed E-state index contributed by atoms with van der Waals surface area (Å²) in [6, 6.07) is 12.2. The number of hydrogen-bond acceptors (Lipinski definition) is 5. The van der Waals surface area contributed by atoms with Crippen molar-refractivity contribution >= 4 is 11.4 Å². The second-order valence-corrected chi connectivity index (χ2v) is 4.57. The molecule has 0 bridgehead atoms. The van der Waals surface area contributed by atoms with Crippen LogP contribution in [0, 0.1) is 11.3 Å². The van der Waals surface area contributed by atoms with Crippen LogP contribution in [-0.4, -0.2) is 21.8 Å². The van der Waals surface area contributed by atoms with Gasteiger partial charge in [-0.1, -0.05) is 30.3 Å². The molecule has 1 aliphatic heterocycles. The van der Waals surface area contributed by atoms with Crippen LogP contribution < -0.4 is 11.2 Å². The third kappa shape index (κ3) is 2.22. The molecule has 0 saturated carbocycles. The van der Waals surface area contributed by atoms with Crippen LogP contribution in [0.1, 0.15) is 16.8 Å². The molecule has 2 heterocycles. The maximum absolute atomic E-state index is 9.10. The fourth-order valence-corrected chi connectivity index (χ4v) is 2.20. The van der Waals surface area contributed by atoms with E-state index in [0.717, 1.165) is 12.1 Å². The van der Waals surface area contributed by atoms with Crippen LogP contribution in [0.25, 0.3) is 5.57 Å². The molecule has 1 aromatic carbocycles. The van der Waals surface area contributed by atoms with Gasteiger partial charge in [0.25, 0.3) is 0 Å². The predicted molar refractivity (Wildman–Crippen MR) is 75.7 cm³/mol. The molecule has 6 heteroatoms. The summed E-state index contributed by atoms with van der Waals surface area (Å²) in [5.74, 6) is 0.241. The van der Waals surface area contributed by atoms with E-state index in [1.54, 1.807) is 0 Å². The van der Waals surface area contributed by atoms with Crippen molar-refractivity contribution in [3.05, 3.63) is 53.4 Å².